The molecule has 1 nitrogen and oxygen atoms in total. The Balaban J connectivity index is 3.01. The van der Waals surface area contributed by atoms with E-state index < -0.39 is 23.6 Å². The van der Waals surface area contributed by atoms with E-state index in [2.05, 4.69) is 0 Å². The Hall–Kier alpha value is -1.03. The van der Waals surface area contributed by atoms with Gasteiger partial charge in [-0.2, -0.15) is 0 Å². The topological polar surface area (TPSA) is 20.2 Å². The van der Waals surface area contributed by atoms with Crippen LogP contribution in [0.25, 0.3) is 0 Å². The van der Waals surface area contributed by atoms with Crippen molar-refractivity contribution in [2.24, 2.45) is 0 Å². The predicted molar refractivity (Wildman–Crippen MR) is 41.7 cm³/mol. The molecule has 1 atom stereocenters. The first-order chi connectivity index (χ1) is 6.00. The van der Waals surface area contributed by atoms with Gasteiger partial charge in [-0.3, -0.25) is 0 Å². The summed E-state index contributed by atoms with van der Waals surface area (Å²) < 4.78 is 37.9. The van der Waals surface area contributed by atoms with Crippen molar-refractivity contribution in [1.29, 1.82) is 0 Å². The summed E-state index contributed by atoms with van der Waals surface area (Å²) in [4.78, 5) is 0. The van der Waals surface area contributed by atoms with Crippen LogP contribution in [0.2, 0.25) is 0 Å². The quantitative estimate of drug-likeness (QED) is 0.707. The van der Waals surface area contributed by atoms with Crippen molar-refractivity contribution in [1.82, 2.24) is 0 Å². The summed E-state index contributed by atoms with van der Waals surface area (Å²) in [6.07, 6.45) is -0.803. The van der Waals surface area contributed by atoms with Gasteiger partial charge in [-0.15, -0.1) is 0 Å². The molecule has 1 rings (SSSR count). The molecular weight excluding hydrogens is 181 g/mol. The molecule has 0 bridgehead atoms. The second-order valence-corrected chi connectivity index (χ2v) is 2.91. The van der Waals surface area contributed by atoms with Crippen molar-refractivity contribution < 1.29 is 18.3 Å². The summed E-state index contributed by atoms with van der Waals surface area (Å²) in [5, 5.41) is 8.91. The maximum atomic E-state index is 12.9. The van der Waals surface area contributed by atoms with Crippen molar-refractivity contribution in [3.05, 3.63) is 35.1 Å². The lowest BCUT2D eigenvalue weighted by molar-refractivity contribution is 0.194. The zero-order valence-electron chi connectivity index (χ0n) is 7.02. The van der Waals surface area contributed by atoms with Gasteiger partial charge in [-0.05, 0) is 18.6 Å². The number of hydrogen-bond donors (Lipinski definition) is 1. The molecule has 72 valence electrons. The van der Waals surface area contributed by atoms with Crippen LogP contribution in [-0.2, 0) is 6.42 Å². The van der Waals surface area contributed by atoms with Gasteiger partial charge in [-0.25, -0.2) is 13.2 Å². The van der Waals surface area contributed by atoms with E-state index in [0.717, 1.165) is 6.07 Å². The third-order valence-corrected chi connectivity index (χ3v) is 1.60. The number of aliphatic hydroxyl groups excluding tert-OH is 1. The van der Waals surface area contributed by atoms with Gasteiger partial charge < -0.3 is 5.11 Å². The summed E-state index contributed by atoms with van der Waals surface area (Å²) in [7, 11) is 0. The highest BCUT2D eigenvalue weighted by molar-refractivity contribution is 5.20. The highest BCUT2D eigenvalue weighted by atomic mass is 19.2. The summed E-state index contributed by atoms with van der Waals surface area (Å²) >= 11 is 0. The zero-order chi connectivity index (χ0) is 10.0. The van der Waals surface area contributed by atoms with E-state index in [0.29, 0.717) is 6.07 Å². The molecule has 0 aromatic heterocycles. The molecule has 1 N–H and O–H groups in total. The van der Waals surface area contributed by atoms with Crippen LogP contribution in [-0.4, -0.2) is 11.2 Å². The van der Waals surface area contributed by atoms with Gasteiger partial charge in [0.2, 0.25) is 0 Å². The predicted octanol–water partition coefficient (Wildman–Crippen LogP) is 2.03. The highest BCUT2D eigenvalue weighted by Crippen LogP contribution is 2.15. The molecule has 0 fully saturated rings. The lowest BCUT2D eigenvalue weighted by Crippen LogP contribution is -2.07. The fourth-order valence-electron chi connectivity index (χ4n) is 1.04. The van der Waals surface area contributed by atoms with Gasteiger partial charge in [0.1, 0.15) is 5.82 Å². The van der Waals surface area contributed by atoms with E-state index >= 15 is 0 Å². The first kappa shape index (κ1) is 10.1. The van der Waals surface area contributed by atoms with Crippen LogP contribution in [0, 0.1) is 17.5 Å². The number of benzene rings is 1. The second-order valence-electron chi connectivity index (χ2n) is 2.91. The minimum atomic E-state index is -1.22. The molecule has 0 amide bonds. The van der Waals surface area contributed by atoms with Gasteiger partial charge in [0.25, 0.3) is 0 Å². The van der Waals surface area contributed by atoms with Crippen LogP contribution in [0.1, 0.15) is 12.5 Å². The van der Waals surface area contributed by atoms with Crippen LogP contribution >= 0.6 is 0 Å². The van der Waals surface area contributed by atoms with Crippen molar-refractivity contribution in [3.8, 4) is 0 Å². The third-order valence-electron chi connectivity index (χ3n) is 1.60. The molecule has 1 aromatic rings. The Bertz CT molecular complexity index is 310. The first-order valence-corrected chi connectivity index (χ1v) is 3.82. The van der Waals surface area contributed by atoms with Crippen LogP contribution in [0.15, 0.2) is 12.1 Å². The molecule has 0 aliphatic heterocycles. The number of rotatable bonds is 2. The fraction of sp³-hybridized carbons (Fsp3) is 0.333. The van der Waals surface area contributed by atoms with Gasteiger partial charge >= 0.3 is 0 Å². The number of hydrogen-bond acceptors (Lipinski definition) is 1. The Morgan fingerprint density at radius 2 is 1.69 bits per heavy atom. The van der Waals surface area contributed by atoms with E-state index in [1.807, 2.05) is 0 Å². The molecule has 0 radical (unpaired) electrons. The maximum Gasteiger partial charge on any atom is 0.161 e. The van der Waals surface area contributed by atoms with Crippen molar-refractivity contribution >= 4 is 0 Å². The molecular formula is C9H9F3O. The van der Waals surface area contributed by atoms with E-state index in [1.54, 1.807) is 0 Å². The lowest BCUT2D eigenvalue weighted by Gasteiger charge is -2.05. The monoisotopic (exact) mass is 190 g/mol. The Morgan fingerprint density at radius 3 is 2.23 bits per heavy atom. The Labute approximate surface area is 73.8 Å². The highest BCUT2D eigenvalue weighted by Gasteiger charge is 2.10. The Kier molecular flexibility index (Phi) is 2.93. The van der Waals surface area contributed by atoms with E-state index in [1.165, 1.54) is 6.92 Å². The lowest BCUT2D eigenvalue weighted by atomic mass is 10.1. The molecule has 0 aliphatic carbocycles. The normalized spacial score (nSPS) is 13.0. The van der Waals surface area contributed by atoms with E-state index in [-0.39, 0.29) is 12.0 Å². The zero-order valence-corrected chi connectivity index (χ0v) is 7.02. The minimum Gasteiger partial charge on any atom is -0.393 e. The maximum absolute atomic E-state index is 12.9. The average Bonchev–Trinajstić information content (AvgIpc) is 1.99. The average molecular weight is 190 g/mol. The molecule has 1 unspecified atom stereocenters. The Morgan fingerprint density at radius 1 is 1.15 bits per heavy atom. The molecule has 0 saturated heterocycles. The molecule has 1 aromatic carbocycles. The molecule has 0 spiro atoms. The van der Waals surface area contributed by atoms with Crippen molar-refractivity contribution in [2.45, 2.75) is 19.4 Å². The molecule has 0 heterocycles. The standard InChI is InChI=1S/C9H9F3O/c1-5(13)2-6-3-8(11)9(12)4-7(6)10/h3-5,13H,2H2,1H3. The van der Waals surface area contributed by atoms with Crippen LogP contribution in [0.5, 0.6) is 0 Å². The molecule has 0 aliphatic rings. The molecule has 4 heteroatoms. The summed E-state index contributed by atoms with van der Waals surface area (Å²) in [5.74, 6) is -3.15. The minimum absolute atomic E-state index is 0.0195. The third kappa shape index (κ3) is 2.45. The van der Waals surface area contributed by atoms with Crippen molar-refractivity contribution in [3.63, 3.8) is 0 Å². The summed E-state index contributed by atoms with van der Waals surface area (Å²) in [6.45, 7) is 1.45. The number of aliphatic hydroxyl groups is 1. The summed E-state index contributed by atoms with van der Waals surface area (Å²) in [6, 6.07) is 1.24. The number of halogens is 3. The van der Waals surface area contributed by atoms with Gasteiger partial charge in [0.15, 0.2) is 11.6 Å². The van der Waals surface area contributed by atoms with Gasteiger partial charge in [-0.1, -0.05) is 0 Å². The summed E-state index contributed by atoms with van der Waals surface area (Å²) in [5.41, 5.74) is -0.0195. The van der Waals surface area contributed by atoms with Crippen LogP contribution < -0.4 is 0 Å². The van der Waals surface area contributed by atoms with E-state index in [4.69, 9.17) is 5.11 Å². The molecule has 0 saturated carbocycles. The fourth-order valence-corrected chi connectivity index (χ4v) is 1.04. The van der Waals surface area contributed by atoms with Gasteiger partial charge in [0.05, 0.1) is 6.10 Å². The molecule has 13 heavy (non-hydrogen) atoms. The smallest absolute Gasteiger partial charge is 0.161 e. The van der Waals surface area contributed by atoms with Crippen molar-refractivity contribution in [2.75, 3.05) is 0 Å². The van der Waals surface area contributed by atoms with Crippen LogP contribution in [0.3, 0.4) is 0 Å². The SMILES string of the molecule is CC(O)Cc1cc(F)c(F)cc1F. The second kappa shape index (κ2) is 3.79. The van der Waals surface area contributed by atoms with Crippen LogP contribution in [0.4, 0.5) is 13.2 Å². The first-order valence-electron chi connectivity index (χ1n) is 3.82. The largest absolute Gasteiger partial charge is 0.393 e. The van der Waals surface area contributed by atoms with Gasteiger partial charge in [0, 0.05) is 12.5 Å². The van der Waals surface area contributed by atoms with E-state index in [9.17, 15) is 13.2 Å².